The van der Waals surface area contributed by atoms with E-state index in [1.165, 1.54) is 0 Å². The summed E-state index contributed by atoms with van der Waals surface area (Å²) in [7, 11) is 0. The predicted octanol–water partition coefficient (Wildman–Crippen LogP) is 2.23. The number of benzene rings is 2. The van der Waals surface area contributed by atoms with E-state index in [0.29, 0.717) is 18.9 Å². The van der Waals surface area contributed by atoms with E-state index in [2.05, 4.69) is 15.2 Å². The van der Waals surface area contributed by atoms with Gasteiger partial charge in [0.2, 0.25) is 0 Å². The largest absolute Gasteiger partial charge is 0.493 e. The molecule has 100 valence electrons. The molecule has 0 bridgehead atoms. The summed E-state index contributed by atoms with van der Waals surface area (Å²) in [5, 5.41) is 8.22. The fraction of sp³-hybridized carbons (Fsp3) is 0.133. The van der Waals surface area contributed by atoms with Crippen molar-refractivity contribution in [3.8, 4) is 5.75 Å². The number of nitrogens with two attached hydrogens (primary N) is 1. The maximum absolute atomic E-state index is 5.62. The van der Waals surface area contributed by atoms with Crippen LogP contribution in [0.5, 0.6) is 5.75 Å². The van der Waals surface area contributed by atoms with Crippen molar-refractivity contribution in [2.75, 3.05) is 12.3 Å². The van der Waals surface area contributed by atoms with Crippen LogP contribution in [0.1, 0.15) is 5.82 Å². The van der Waals surface area contributed by atoms with Crippen LogP contribution in [0.3, 0.4) is 0 Å². The normalized spacial score (nSPS) is 10.6. The van der Waals surface area contributed by atoms with Crippen LogP contribution in [0.15, 0.2) is 48.5 Å². The summed E-state index contributed by atoms with van der Waals surface area (Å²) in [6.07, 6.45) is 0.613. The Kier molecular flexibility index (Phi) is 3.41. The number of ether oxygens (including phenoxy) is 1. The number of nitrogens with zero attached hydrogens (tertiary/aromatic N) is 3. The second-order valence-corrected chi connectivity index (χ2v) is 4.38. The Balaban J connectivity index is 1.63. The van der Waals surface area contributed by atoms with E-state index < -0.39 is 0 Å². The third-order valence-corrected chi connectivity index (χ3v) is 2.88. The molecule has 1 heterocycles. The Hall–Kier alpha value is -2.69. The summed E-state index contributed by atoms with van der Waals surface area (Å²) < 4.78 is 5.61. The summed E-state index contributed by atoms with van der Waals surface area (Å²) in [6, 6.07) is 15.0. The van der Waals surface area contributed by atoms with E-state index in [4.69, 9.17) is 10.5 Å². The van der Waals surface area contributed by atoms with Gasteiger partial charge in [0.15, 0.2) is 5.82 Å². The van der Waals surface area contributed by atoms with Gasteiger partial charge in [-0.05, 0) is 36.4 Å². The van der Waals surface area contributed by atoms with Crippen molar-refractivity contribution in [1.82, 2.24) is 15.2 Å². The molecule has 0 spiro atoms. The molecule has 3 aromatic rings. The summed E-state index contributed by atoms with van der Waals surface area (Å²) in [4.78, 5) is 4.45. The maximum Gasteiger partial charge on any atom is 0.155 e. The van der Waals surface area contributed by atoms with Gasteiger partial charge < -0.3 is 10.5 Å². The zero-order chi connectivity index (χ0) is 13.8. The number of rotatable bonds is 4. The fourth-order valence-electron chi connectivity index (χ4n) is 1.85. The van der Waals surface area contributed by atoms with Crippen molar-refractivity contribution >= 4 is 16.7 Å². The maximum atomic E-state index is 5.62. The highest BCUT2D eigenvalue weighted by atomic mass is 16.5. The number of hydrogen-bond acceptors (Lipinski definition) is 5. The third kappa shape index (κ3) is 2.83. The molecule has 0 amide bonds. The second kappa shape index (κ2) is 5.52. The van der Waals surface area contributed by atoms with Crippen molar-refractivity contribution in [3.05, 3.63) is 54.4 Å². The number of fused-ring (bicyclic) bond motifs is 1. The van der Waals surface area contributed by atoms with Crippen LogP contribution in [0.4, 0.5) is 5.69 Å². The zero-order valence-corrected chi connectivity index (χ0v) is 10.9. The standard InChI is InChI=1S/C15H14N4O/c16-11-5-7-12(8-6-11)20-10-9-15-17-13-3-1-2-4-14(13)18-19-15/h1-8H,9-10,16H2. The lowest BCUT2D eigenvalue weighted by molar-refractivity contribution is 0.318. The zero-order valence-electron chi connectivity index (χ0n) is 10.9. The SMILES string of the molecule is Nc1ccc(OCCc2nnc3ccccc3n2)cc1. The molecule has 5 nitrogen and oxygen atoms in total. The van der Waals surface area contributed by atoms with Crippen LogP contribution in [0.25, 0.3) is 11.0 Å². The quantitative estimate of drug-likeness (QED) is 0.733. The van der Waals surface area contributed by atoms with Gasteiger partial charge in [0.05, 0.1) is 12.1 Å². The highest BCUT2D eigenvalue weighted by Gasteiger charge is 2.02. The molecule has 3 rings (SSSR count). The molecule has 2 aromatic carbocycles. The first-order chi connectivity index (χ1) is 9.81. The van der Waals surface area contributed by atoms with Gasteiger partial charge in [-0.2, -0.15) is 0 Å². The molecule has 0 aliphatic carbocycles. The van der Waals surface area contributed by atoms with E-state index in [9.17, 15) is 0 Å². The molecule has 1 aromatic heterocycles. The number of anilines is 1. The summed E-state index contributed by atoms with van der Waals surface area (Å²) >= 11 is 0. The van der Waals surface area contributed by atoms with Crippen molar-refractivity contribution in [2.45, 2.75) is 6.42 Å². The number of para-hydroxylation sites is 1. The van der Waals surface area contributed by atoms with Gasteiger partial charge in [0.25, 0.3) is 0 Å². The topological polar surface area (TPSA) is 73.9 Å². The minimum atomic E-state index is 0.504. The van der Waals surface area contributed by atoms with Crippen molar-refractivity contribution < 1.29 is 4.74 Å². The molecule has 0 unspecified atom stereocenters. The molecule has 5 heteroatoms. The van der Waals surface area contributed by atoms with Gasteiger partial charge in [-0.25, -0.2) is 4.98 Å². The molecule has 0 fully saturated rings. The number of aromatic nitrogens is 3. The van der Waals surface area contributed by atoms with Gasteiger partial charge in [0, 0.05) is 12.1 Å². The molecule has 2 N–H and O–H groups in total. The van der Waals surface area contributed by atoms with Gasteiger partial charge >= 0.3 is 0 Å². The monoisotopic (exact) mass is 266 g/mol. The Morgan fingerprint density at radius 3 is 2.45 bits per heavy atom. The highest BCUT2D eigenvalue weighted by molar-refractivity contribution is 5.72. The molecule has 0 saturated heterocycles. The smallest absolute Gasteiger partial charge is 0.155 e. The Morgan fingerprint density at radius 1 is 0.900 bits per heavy atom. The lowest BCUT2D eigenvalue weighted by Crippen LogP contribution is -2.06. The van der Waals surface area contributed by atoms with Gasteiger partial charge in [-0.15, -0.1) is 10.2 Å². The Morgan fingerprint density at radius 2 is 1.65 bits per heavy atom. The first-order valence-electron chi connectivity index (χ1n) is 6.38. The van der Waals surface area contributed by atoms with Gasteiger partial charge in [-0.1, -0.05) is 12.1 Å². The lowest BCUT2D eigenvalue weighted by atomic mass is 10.3. The Labute approximate surface area is 116 Å². The van der Waals surface area contributed by atoms with E-state index in [1.807, 2.05) is 48.5 Å². The van der Waals surface area contributed by atoms with Gasteiger partial charge in [0.1, 0.15) is 11.3 Å². The Bertz CT molecular complexity index is 712. The highest BCUT2D eigenvalue weighted by Crippen LogP contribution is 2.13. The van der Waals surface area contributed by atoms with E-state index in [0.717, 1.165) is 22.5 Å². The van der Waals surface area contributed by atoms with Crippen LogP contribution < -0.4 is 10.5 Å². The second-order valence-electron chi connectivity index (χ2n) is 4.38. The summed E-state index contributed by atoms with van der Waals surface area (Å²) in [5.74, 6) is 1.46. The van der Waals surface area contributed by atoms with Crippen molar-refractivity contribution in [2.24, 2.45) is 0 Å². The van der Waals surface area contributed by atoms with E-state index in [-0.39, 0.29) is 0 Å². The summed E-state index contributed by atoms with van der Waals surface area (Å²) in [6.45, 7) is 0.504. The molecular formula is C15H14N4O. The number of hydrogen-bond donors (Lipinski definition) is 1. The average molecular weight is 266 g/mol. The van der Waals surface area contributed by atoms with Crippen LogP contribution in [-0.2, 0) is 6.42 Å². The van der Waals surface area contributed by atoms with Crippen LogP contribution in [0.2, 0.25) is 0 Å². The fourth-order valence-corrected chi connectivity index (χ4v) is 1.85. The van der Waals surface area contributed by atoms with Crippen molar-refractivity contribution in [3.63, 3.8) is 0 Å². The molecule has 0 aliphatic rings. The van der Waals surface area contributed by atoms with Gasteiger partial charge in [-0.3, -0.25) is 0 Å². The molecule has 0 saturated carbocycles. The first-order valence-corrected chi connectivity index (χ1v) is 6.38. The molecule has 0 radical (unpaired) electrons. The van der Waals surface area contributed by atoms with E-state index >= 15 is 0 Å². The molecular weight excluding hydrogens is 252 g/mol. The van der Waals surface area contributed by atoms with Crippen LogP contribution >= 0.6 is 0 Å². The van der Waals surface area contributed by atoms with Crippen molar-refractivity contribution in [1.29, 1.82) is 0 Å². The summed E-state index contributed by atoms with van der Waals surface area (Å²) in [5.41, 5.74) is 7.99. The van der Waals surface area contributed by atoms with Crippen LogP contribution in [-0.4, -0.2) is 21.8 Å². The molecule has 0 atom stereocenters. The number of nitrogen functional groups attached to an aromatic ring is 1. The average Bonchev–Trinajstić information content (AvgIpc) is 2.49. The minimum absolute atomic E-state index is 0.504. The predicted molar refractivity (Wildman–Crippen MR) is 77.4 cm³/mol. The molecule has 20 heavy (non-hydrogen) atoms. The lowest BCUT2D eigenvalue weighted by Gasteiger charge is -2.05. The van der Waals surface area contributed by atoms with Crippen LogP contribution in [0, 0.1) is 0 Å². The van der Waals surface area contributed by atoms with E-state index in [1.54, 1.807) is 0 Å². The third-order valence-electron chi connectivity index (χ3n) is 2.88. The minimum Gasteiger partial charge on any atom is -0.493 e. The molecule has 0 aliphatic heterocycles. The first kappa shape index (κ1) is 12.3.